The first kappa shape index (κ1) is 19.0. The molecule has 0 aromatic heterocycles. The first-order valence-corrected chi connectivity index (χ1v) is 9.13. The molecule has 1 aromatic carbocycles. The Bertz CT molecular complexity index is 621. The second kappa shape index (κ2) is 8.77. The Kier molecular flexibility index (Phi) is 6.43. The van der Waals surface area contributed by atoms with Gasteiger partial charge in [-0.2, -0.15) is 0 Å². The number of hydrogen-bond donors (Lipinski definition) is 1. The van der Waals surface area contributed by atoms with Crippen LogP contribution in [0.4, 0.5) is 8.78 Å². The second-order valence-electron chi connectivity index (χ2n) is 6.94. The van der Waals surface area contributed by atoms with Crippen molar-refractivity contribution < 1.29 is 18.3 Å². The van der Waals surface area contributed by atoms with Crippen molar-refractivity contribution in [1.29, 1.82) is 0 Å². The molecule has 1 aliphatic heterocycles. The van der Waals surface area contributed by atoms with Crippen molar-refractivity contribution in [3.63, 3.8) is 0 Å². The Balaban J connectivity index is 1.49. The van der Waals surface area contributed by atoms with E-state index in [0.29, 0.717) is 32.2 Å². The molecule has 1 heterocycles. The van der Waals surface area contributed by atoms with Crippen LogP contribution in [0.3, 0.4) is 0 Å². The van der Waals surface area contributed by atoms with Crippen molar-refractivity contribution in [3.8, 4) is 0 Å². The van der Waals surface area contributed by atoms with E-state index in [4.69, 9.17) is 9.47 Å². The zero-order valence-electron chi connectivity index (χ0n) is 15.4. The number of guanidine groups is 1. The van der Waals surface area contributed by atoms with Crippen LogP contribution in [0, 0.1) is 17.6 Å². The van der Waals surface area contributed by atoms with E-state index in [0.717, 1.165) is 25.5 Å². The van der Waals surface area contributed by atoms with Crippen molar-refractivity contribution in [2.75, 3.05) is 47.1 Å². The van der Waals surface area contributed by atoms with Crippen LogP contribution >= 0.6 is 0 Å². The first-order valence-electron chi connectivity index (χ1n) is 9.13. The summed E-state index contributed by atoms with van der Waals surface area (Å²) in [5.74, 6) is 0.189. The molecule has 0 amide bonds. The van der Waals surface area contributed by atoms with E-state index in [1.165, 1.54) is 18.2 Å². The summed E-state index contributed by atoms with van der Waals surface area (Å²) in [5, 5.41) is 3.36. The minimum Gasteiger partial charge on any atom is -0.382 e. The molecule has 1 saturated carbocycles. The number of aliphatic imine (C=N–C) groups is 1. The zero-order valence-corrected chi connectivity index (χ0v) is 15.4. The predicted octanol–water partition coefficient (Wildman–Crippen LogP) is 2.38. The minimum atomic E-state index is -0.469. The number of nitrogens with one attached hydrogen (secondary N) is 1. The maximum absolute atomic E-state index is 13.9. The maximum Gasteiger partial charge on any atom is 0.193 e. The lowest BCUT2D eigenvalue weighted by molar-refractivity contribution is 0.0536. The highest BCUT2D eigenvalue weighted by Crippen LogP contribution is 2.43. The average molecular weight is 367 g/mol. The average Bonchev–Trinajstić information content (AvgIpc) is 3.21. The highest BCUT2D eigenvalue weighted by Gasteiger charge is 2.43. The monoisotopic (exact) mass is 367 g/mol. The summed E-state index contributed by atoms with van der Waals surface area (Å²) in [5.41, 5.74) is 0.186. The van der Waals surface area contributed by atoms with Crippen molar-refractivity contribution in [3.05, 3.63) is 35.4 Å². The number of hydrogen-bond acceptors (Lipinski definition) is 3. The molecule has 2 fully saturated rings. The number of likely N-dealkylation sites (tertiary alicyclic amines) is 1. The molecule has 3 atom stereocenters. The fraction of sp³-hybridized carbons (Fsp3) is 0.632. The summed E-state index contributed by atoms with van der Waals surface area (Å²) in [6, 6.07) is 4.06. The summed E-state index contributed by atoms with van der Waals surface area (Å²) in [4.78, 5) is 6.54. The normalized spacial score (nSPS) is 25.6. The lowest BCUT2D eigenvalue weighted by Gasteiger charge is -2.22. The fourth-order valence-electron chi connectivity index (χ4n) is 3.55. The van der Waals surface area contributed by atoms with Crippen molar-refractivity contribution >= 4 is 5.96 Å². The van der Waals surface area contributed by atoms with Crippen molar-refractivity contribution in [1.82, 2.24) is 10.2 Å². The van der Waals surface area contributed by atoms with Gasteiger partial charge in [-0.1, -0.05) is 6.07 Å². The third-order valence-corrected chi connectivity index (χ3v) is 5.06. The molecular formula is C19H27F2N3O2. The van der Waals surface area contributed by atoms with Crippen LogP contribution in [-0.2, 0) is 9.47 Å². The molecule has 0 bridgehead atoms. The van der Waals surface area contributed by atoms with Gasteiger partial charge in [0.05, 0.1) is 19.8 Å². The van der Waals surface area contributed by atoms with Crippen molar-refractivity contribution in [2.45, 2.75) is 24.8 Å². The lowest BCUT2D eigenvalue weighted by atomic mass is 10.1. The highest BCUT2D eigenvalue weighted by atomic mass is 19.1. The zero-order chi connectivity index (χ0) is 18.5. The standard InChI is InChI=1S/C19H27F2N3O2/c1-22-19(24-7-6-13(11-24)12-26-9-8-25-2)23-17-10-14(17)18-15(20)4-3-5-16(18)21/h3-5,13-14,17H,6-12H2,1-2H3,(H,22,23). The van der Waals surface area contributed by atoms with Gasteiger partial charge in [-0.25, -0.2) is 8.78 Å². The van der Waals surface area contributed by atoms with Gasteiger partial charge in [0, 0.05) is 50.7 Å². The quantitative estimate of drug-likeness (QED) is 0.457. The van der Waals surface area contributed by atoms with Gasteiger partial charge in [0.15, 0.2) is 5.96 Å². The van der Waals surface area contributed by atoms with Crippen LogP contribution < -0.4 is 5.32 Å². The molecule has 3 unspecified atom stereocenters. The van der Waals surface area contributed by atoms with E-state index in [9.17, 15) is 8.78 Å². The van der Waals surface area contributed by atoms with Crippen molar-refractivity contribution in [2.24, 2.45) is 10.9 Å². The van der Waals surface area contributed by atoms with Crippen LogP contribution in [0.15, 0.2) is 23.2 Å². The van der Waals surface area contributed by atoms with E-state index in [1.54, 1.807) is 14.2 Å². The topological polar surface area (TPSA) is 46.1 Å². The van der Waals surface area contributed by atoms with Gasteiger partial charge >= 0.3 is 0 Å². The Morgan fingerprint density at radius 2 is 2.08 bits per heavy atom. The van der Waals surface area contributed by atoms with Gasteiger partial charge in [-0.3, -0.25) is 4.99 Å². The van der Waals surface area contributed by atoms with E-state index >= 15 is 0 Å². The number of benzene rings is 1. The molecule has 0 radical (unpaired) electrons. The first-order chi connectivity index (χ1) is 12.6. The number of rotatable bonds is 7. The molecular weight excluding hydrogens is 340 g/mol. The fourth-order valence-corrected chi connectivity index (χ4v) is 3.55. The molecule has 144 valence electrons. The second-order valence-corrected chi connectivity index (χ2v) is 6.94. The largest absolute Gasteiger partial charge is 0.382 e. The Labute approximate surface area is 153 Å². The smallest absolute Gasteiger partial charge is 0.193 e. The van der Waals surface area contributed by atoms with E-state index < -0.39 is 11.6 Å². The molecule has 2 aliphatic rings. The van der Waals surface area contributed by atoms with Crippen LogP contribution in [0.5, 0.6) is 0 Å². The summed E-state index contributed by atoms with van der Waals surface area (Å²) >= 11 is 0. The summed E-state index contributed by atoms with van der Waals surface area (Å²) in [6.07, 6.45) is 1.76. The molecule has 1 saturated heterocycles. The Morgan fingerprint density at radius 1 is 1.31 bits per heavy atom. The molecule has 1 aliphatic carbocycles. The number of halogens is 2. The minimum absolute atomic E-state index is 0.0251. The van der Waals surface area contributed by atoms with Crippen LogP contribution in [-0.4, -0.2) is 64.0 Å². The third kappa shape index (κ3) is 4.51. The molecule has 0 spiro atoms. The summed E-state index contributed by atoms with van der Waals surface area (Å²) in [7, 11) is 3.40. The van der Waals surface area contributed by atoms with Gasteiger partial charge in [0.2, 0.25) is 0 Å². The van der Waals surface area contributed by atoms with E-state index in [1.807, 2.05) is 0 Å². The van der Waals surface area contributed by atoms with Gasteiger partial charge in [0.25, 0.3) is 0 Å². The van der Waals surface area contributed by atoms with Crippen LogP contribution in [0.2, 0.25) is 0 Å². The Hall–Kier alpha value is -1.73. The molecule has 3 rings (SSSR count). The van der Waals surface area contributed by atoms with Gasteiger partial charge < -0.3 is 19.7 Å². The number of ether oxygens (including phenoxy) is 2. The van der Waals surface area contributed by atoms with Gasteiger partial charge in [-0.05, 0) is 25.0 Å². The lowest BCUT2D eigenvalue weighted by Crippen LogP contribution is -2.41. The van der Waals surface area contributed by atoms with Crippen LogP contribution in [0.1, 0.15) is 24.3 Å². The van der Waals surface area contributed by atoms with Crippen LogP contribution in [0.25, 0.3) is 0 Å². The molecule has 7 heteroatoms. The number of methoxy groups -OCH3 is 1. The Morgan fingerprint density at radius 3 is 2.77 bits per heavy atom. The third-order valence-electron chi connectivity index (χ3n) is 5.06. The predicted molar refractivity (Wildman–Crippen MR) is 96.4 cm³/mol. The molecule has 1 aromatic rings. The number of nitrogens with zero attached hydrogens (tertiary/aromatic N) is 2. The van der Waals surface area contributed by atoms with Gasteiger partial charge in [0.1, 0.15) is 11.6 Å². The molecule has 5 nitrogen and oxygen atoms in total. The van der Waals surface area contributed by atoms with E-state index in [2.05, 4.69) is 15.2 Å². The summed E-state index contributed by atoms with van der Waals surface area (Å²) in [6.45, 7) is 3.71. The summed E-state index contributed by atoms with van der Waals surface area (Å²) < 4.78 is 38.5. The highest BCUT2D eigenvalue weighted by molar-refractivity contribution is 5.81. The molecule has 1 N–H and O–H groups in total. The SMILES string of the molecule is CN=C(NC1CC1c1c(F)cccc1F)N1CCC(COCCOC)C1. The molecule has 26 heavy (non-hydrogen) atoms. The van der Waals surface area contributed by atoms with Gasteiger partial charge in [-0.15, -0.1) is 0 Å². The maximum atomic E-state index is 13.9. The van der Waals surface area contributed by atoms with E-state index in [-0.39, 0.29) is 17.5 Å².